The van der Waals surface area contributed by atoms with Crippen LogP contribution in [-0.4, -0.2) is 21.6 Å². The van der Waals surface area contributed by atoms with Crippen LogP contribution in [0.1, 0.15) is 6.42 Å². The van der Waals surface area contributed by atoms with E-state index in [-0.39, 0.29) is 5.91 Å². The highest BCUT2D eigenvalue weighted by Gasteiger charge is 2.02. The van der Waals surface area contributed by atoms with Gasteiger partial charge in [-0.2, -0.15) is 5.10 Å². The lowest BCUT2D eigenvalue weighted by molar-refractivity contribution is -0.115. The van der Waals surface area contributed by atoms with E-state index in [1.807, 2.05) is 36.5 Å². The molecule has 0 saturated heterocycles. The van der Waals surface area contributed by atoms with Gasteiger partial charge >= 0.3 is 0 Å². The third-order valence-corrected chi connectivity index (χ3v) is 2.41. The standard InChI is InChI=1S/C12H12ClN3O/c13-6-5-12(17)15-10-3-1-4-11(9-10)16-8-2-7-14-16/h1-4,7-9H,5-6H2,(H,15,17). The topological polar surface area (TPSA) is 46.9 Å². The van der Waals surface area contributed by atoms with Gasteiger partial charge < -0.3 is 5.32 Å². The number of carbonyl (C=O) groups is 1. The van der Waals surface area contributed by atoms with Crippen molar-refractivity contribution in [2.75, 3.05) is 11.2 Å². The van der Waals surface area contributed by atoms with E-state index in [0.29, 0.717) is 12.3 Å². The summed E-state index contributed by atoms with van der Waals surface area (Å²) in [6.07, 6.45) is 3.87. The van der Waals surface area contributed by atoms with E-state index in [2.05, 4.69) is 10.4 Å². The normalized spacial score (nSPS) is 10.2. The fourth-order valence-corrected chi connectivity index (χ4v) is 1.63. The van der Waals surface area contributed by atoms with Gasteiger partial charge in [0, 0.05) is 30.4 Å². The van der Waals surface area contributed by atoms with E-state index < -0.39 is 0 Å². The van der Waals surface area contributed by atoms with Crippen LogP contribution in [0.5, 0.6) is 0 Å². The second-order valence-electron chi connectivity index (χ2n) is 3.49. The number of hydrogen-bond acceptors (Lipinski definition) is 2. The van der Waals surface area contributed by atoms with Crippen LogP contribution in [0, 0.1) is 0 Å². The number of nitrogens with one attached hydrogen (secondary N) is 1. The van der Waals surface area contributed by atoms with E-state index in [9.17, 15) is 4.79 Å². The summed E-state index contributed by atoms with van der Waals surface area (Å²) < 4.78 is 1.73. The van der Waals surface area contributed by atoms with Gasteiger partial charge in [-0.3, -0.25) is 4.79 Å². The predicted molar refractivity (Wildman–Crippen MR) is 67.5 cm³/mol. The number of rotatable bonds is 4. The molecule has 0 atom stereocenters. The molecule has 0 radical (unpaired) electrons. The smallest absolute Gasteiger partial charge is 0.225 e. The van der Waals surface area contributed by atoms with Crippen molar-refractivity contribution in [3.8, 4) is 5.69 Å². The van der Waals surface area contributed by atoms with Crippen LogP contribution >= 0.6 is 11.6 Å². The Bertz CT molecular complexity index is 496. The zero-order valence-electron chi connectivity index (χ0n) is 9.14. The first kappa shape index (κ1) is 11.7. The fourth-order valence-electron chi connectivity index (χ4n) is 1.46. The minimum absolute atomic E-state index is 0.0855. The molecule has 0 aliphatic carbocycles. The van der Waals surface area contributed by atoms with Crippen molar-refractivity contribution >= 4 is 23.2 Å². The van der Waals surface area contributed by atoms with Crippen LogP contribution in [0.3, 0.4) is 0 Å². The van der Waals surface area contributed by atoms with Crippen molar-refractivity contribution in [2.45, 2.75) is 6.42 Å². The lowest BCUT2D eigenvalue weighted by atomic mass is 10.2. The molecule has 0 spiro atoms. The summed E-state index contributed by atoms with van der Waals surface area (Å²) in [6.45, 7) is 0. The second-order valence-corrected chi connectivity index (χ2v) is 3.87. The molecular formula is C12H12ClN3O. The summed E-state index contributed by atoms with van der Waals surface area (Å²) in [6, 6.07) is 9.33. The molecule has 1 N–H and O–H groups in total. The molecule has 0 saturated carbocycles. The van der Waals surface area contributed by atoms with Crippen molar-refractivity contribution in [3.05, 3.63) is 42.7 Å². The SMILES string of the molecule is O=C(CCCl)Nc1cccc(-n2cccn2)c1. The molecule has 88 valence electrons. The molecule has 0 aliphatic heterocycles. The van der Waals surface area contributed by atoms with Crippen molar-refractivity contribution in [3.63, 3.8) is 0 Å². The fraction of sp³-hybridized carbons (Fsp3) is 0.167. The van der Waals surface area contributed by atoms with Gasteiger partial charge in [-0.1, -0.05) is 6.07 Å². The molecule has 0 bridgehead atoms. The summed E-state index contributed by atoms with van der Waals surface area (Å²) in [7, 11) is 0. The molecule has 1 aromatic carbocycles. The highest BCUT2D eigenvalue weighted by molar-refractivity contribution is 6.19. The lowest BCUT2D eigenvalue weighted by Gasteiger charge is -2.06. The number of alkyl halides is 1. The van der Waals surface area contributed by atoms with Crippen LogP contribution in [0.4, 0.5) is 5.69 Å². The summed E-state index contributed by atoms with van der Waals surface area (Å²) >= 11 is 5.50. The molecule has 1 aromatic heterocycles. The Hall–Kier alpha value is -1.81. The van der Waals surface area contributed by atoms with Crippen molar-refractivity contribution in [1.82, 2.24) is 9.78 Å². The summed E-state index contributed by atoms with van der Waals surface area (Å²) in [5.41, 5.74) is 1.65. The second kappa shape index (κ2) is 5.50. The highest BCUT2D eigenvalue weighted by Crippen LogP contribution is 2.14. The molecule has 5 heteroatoms. The Morgan fingerprint density at radius 3 is 3.00 bits per heavy atom. The quantitative estimate of drug-likeness (QED) is 0.846. The van der Waals surface area contributed by atoms with Gasteiger partial charge in [0.2, 0.25) is 5.91 Å². The van der Waals surface area contributed by atoms with E-state index in [1.165, 1.54) is 0 Å². The van der Waals surface area contributed by atoms with E-state index >= 15 is 0 Å². The zero-order chi connectivity index (χ0) is 12.1. The Labute approximate surface area is 104 Å². The van der Waals surface area contributed by atoms with Crippen LogP contribution < -0.4 is 5.32 Å². The number of benzene rings is 1. The molecule has 4 nitrogen and oxygen atoms in total. The van der Waals surface area contributed by atoms with E-state index in [4.69, 9.17) is 11.6 Å². The predicted octanol–water partition coefficient (Wildman–Crippen LogP) is 2.44. The van der Waals surface area contributed by atoms with Crippen LogP contribution in [-0.2, 0) is 4.79 Å². The van der Waals surface area contributed by atoms with Crippen LogP contribution in [0.15, 0.2) is 42.7 Å². The molecule has 0 unspecified atom stereocenters. The van der Waals surface area contributed by atoms with Gasteiger partial charge in [0.15, 0.2) is 0 Å². The molecule has 0 aliphatic rings. The maximum atomic E-state index is 11.4. The molecular weight excluding hydrogens is 238 g/mol. The monoisotopic (exact) mass is 249 g/mol. The molecule has 0 fully saturated rings. The minimum atomic E-state index is -0.0855. The highest BCUT2D eigenvalue weighted by atomic mass is 35.5. The van der Waals surface area contributed by atoms with Crippen molar-refractivity contribution in [1.29, 1.82) is 0 Å². The van der Waals surface area contributed by atoms with Gasteiger partial charge in [-0.25, -0.2) is 4.68 Å². The Kier molecular flexibility index (Phi) is 3.77. The van der Waals surface area contributed by atoms with E-state index in [0.717, 1.165) is 11.4 Å². The first-order chi connectivity index (χ1) is 8.29. The summed E-state index contributed by atoms with van der Waals surface area (Å²) in [5.74, 6) is 0.239. The Balaban J connectivity index is 2.15. The number of carbonyl (C=O) groups excluding carboxylic acids is 1. The van der Waals surface area contributed by atoms with Crippen LogP contribution in [0.25, 0.3) is 5.69 Å². The van der Waals surface area contributed by atoms with Crippen molar-refractivity contribution < 1.29 is 4.79 Å². The minimum Gasteiger partial charge on any atom is -0.326 e. The Morgan fingerprint density at radius 2 is 2.29 bits per heavy atom. The third kappa shape index (κ3) is 3.07. The molecule has 2 aromatic rings. The summed E-state index contributed by atoms with van der Waals surface area (Å²) in [4.78, 5) is 11.4. The van der Waals surface area contributed by atoms with Crippen molar-refractivity contribution in [2.24, 2.45) is 0 Å². The number of amides is 1. The van der Waals surface area contributed by atoms with E-state index in [1.54, 1.807) is 10.9 Å². The maximum Gasteiger partial charge on any atom is 0.225 e. The number of aromatic nitrogens is 2. The van der Waals surface area contributed by atoms with Crippen LogP contribution in [0.2, 0.25) is 0 Å². The van der Waals surface area contributed by atoms with Gasteiger partial charge in [0.25, 0.3) is 0 Å². The average Bonchev–Trinajstić information content (AvgIpc) is 2.83. The zero-order valence-corrected chi connectivity index (χ0v) is 9.89. The summed E-state index contributed by atoms with van der Waals surface area (Å²) in [5, 5.41) is 6.91. The largest absolute Gasteiger partial charge is 0.326 e. The molecule has 2 rings (SSSR count). The number of anilines is 1. The first-order valence-corrected chi connectivity index (χ1v) is 5.79. The van der Waals surface area contributed by atoms with Gasteiger partial charge in [-0.15, -0.1) is 11.6 Å². The maximum absolute atomic E-state index is 11.4. The Morgan fingerprint density at radius 1 is 1.41 bits per heavy atom. The average molecular weight is 250 g/mol. The van der Waals surface area contributed by atoms with Gasteiger partial charge in [-0.05, 0) is 24.3 Å². The number of hydrogen-bond donors (Lipinski definition) is 1. The number of halogens is 1. The van der Waals surface area contributed by atoms with Gasteiger partial charge in [0.05, 0.1) is 5.69 Å². The molecule has 17 heavy (non-hydrogen) atoms. The number of nitrogens with zero attached hydrogens (tertiary/aromatic N) is 2. The molecule has 1 amide bonds. The lowest BCUT2D eigenvalue weighted by Crippen LogP contribution is -2.11. The first-order valence-electron chi connectivity index (χ1n) is 5.25. The third-order valence-electron chi connectivity index (χ3n) is 2.22. The van der Waals surface area contributed by atoms with Gasteiger partial charge in [0.1, 0.15) is 0 Å². The molecule has 1 heterocycles.